The molecular formula is C21H19BrN4O4. The number of hydrogen-bond donors (Lipinski definition) is 1. The van der Waals surface area contributed by atoms with Crippen molar-refractivity contribution >= 4 is 27.5 Å². The number of fused-ring (bicyclic) bond motifs is 1. The maximum Gasteiger partial charge on any atom is 0.273 e. The molecule has 1 aliphatic rings. The van der Waals surface area contributed by atoms with Gasteiger partial charge in [-0.05, 0) is 36.2 Å². The van der Waals surface area contributed by atoms with Gasteiger partial charge in [-0.1, -0.05) is 28.1 Å². The molecule has 8 nitrogen and oxygen atoms in total. The molecule has 0 bridgehead atoms. The van der Waals surface area contributed by atoms with Crippen LogP contribution in [0.5, 0.6) is 0 Å². The number of nitro groups is 1. The van der Waals surface area contributed by atoms with Crippen LogP contribution >= 0.6 is 15.9 Å². The predicted molar refractivity (Wildman–Crippen MR) is 114 cm³/mol. The quantitative estimate of drug-likeness (QED) is 0.314. The van der Waals surface area contributed by atoms with Crippen LogP contribution in [-0.2, 0) is 4.74 Å². The molecule has 1 amide bonds. The zero-order valence-corrected chi connectivity index (χ0v) is 17.8. The minimum absolute atomic E-state index is 0.00624. The van der Waals surface area contributed by atoms with Gasteiger partial charge in [-0.2, -0.15) is 5.10 Å². The van der Waals surface area contributed by atoms with E-state index in [0.717, 1.165) is 15.6 Å². The third kappa shape index (κ3) is 3.61. The number of nitro benzene ring substituents is 1. The van der Waals surface area contributed by atoms with Crippen LogP contribution in [0, 0.1) is 10.1 Å². The van der Waals surface area contributed by atoms with Crippen LogP contribution in [-0.4, -0.2) is 46.2 Å². The maximum atomic E-state index is 13.2. The van der Waals surface area contributed by atoms with Gasteiger partial charge in [0.15, 0.2) is 0 Å². The summed E-state index contributed by atoms with van der Waals surface area (Å²) in [5, 5.41) is 18.3. The van der Waals surface area contributed by atoms with Crippen LogP contribution in [0.15, 0.2) is 53.0 Å². The van der Waals surface area contributed by atoms with Crippen molar-refractivity contribution in [1.29, 1.82) is 0 Å². The molecule has 1 aromatic heterocycles. The number of nitrogens with zero attached hydrogens (tertiary/aromatic N) is 3. The Morgan fingerprint density at radius 1 is 1.27 bits per heavy atom. The average Bonchev–Trinajstić information content (AvgIpc) is 3.28. The van der Waals surface area contributed by atoms with Gasteiger partial charge in [0.1, 0.15) is 5.69 Å². The molecule has 4 rings (SSSR count). The first-order chi connectivity index (χ1) is 14.5. The van der Waals surface area contributed by atoms with Crippen molar-refractivity contribution in [2.24, 2.45) is 0 Å². The number of aromatic nitrogens is 2. The van der Waals surface area contributed by atoms with Gasteiger partial charge in [0, 0.05) is 48.0 Å². The smallest absolute Gasteiger partial charge is 0.273 e. The Kier molecular flexibility index (Phi) is 5.65. The highest BCUT2D eigenvalue weighted by Gasteiger charge is 2.41. The SMILES string of the molecule is COCCCN1C(=O)c2[nH]nc(-c3ccc([N+](=O)[O-])cc3)c2C1c1cccc(Br)c1. The summed E-state index contributed by atoms with van der Waals surface area (Å²) in [6.07, 6.45) is 0.706. The molecule has 0 spiro atoms. The molecule has 1 N–H and O–H groups in total. The number of benzene rings is 2. The number of ether oxygens (including phenoxy) is 1. The number of carbonyl (C=O) groups excluding carboxylic acids is 1. The second kappa shape index (κ2) is 8.37. The third-order valence-electron chi connectivity index (χ3n) is 5.13. The molecule has 30 heavy (non-hydrogen) atoms. The minimum atomic E-state index is -0.440. The lowest BCUT2D eigenvalue weighted by Crippen LogP contribution is -2.31. The van der Waals surface area contributed by atoms with Crippen LogP contribution < -0.4 is 0 Å². The van der Waals surface area contributed by atoms with Gasteiger partial charge in [0.25, 0.3) is 11.6 Å². The zero-order valence-electron chi connectivity index (χ0n) is 16.2. The molecule has 1 atom stereocenters. The van der Waals surface area contributed by atoms with E-state index in [0.29, 0.717) is 36.5 Å². The van der Waals surface area contributed by atoms with Gasteiger partial charge in [-0.25, -0.2) is 0 Å². The van der Waals surface area contributed by atoms with Gasteiger partial charge in [-0.3, -0.25) is 20.0 Å². The third-order valence-corrected chi connectivity index (χ3v) is 5.62. The number of non-ortho nitro benzene ring substituents is 1. The van der Waals surface area contributed by atoms with Gasteiger partial charge in [0.2, 0.25) is 0 Å². The van der Waals surface area contributed by atoms with Crippen molar-refractivity contribution < 1.29 is 14.5 Å². The Bertz CT molecular complexity index is 1100. The standard InChI is InChI=1S/C21H19BrN4O4/c1-30-11-3-10-25-20(14-4-2-5-15(22)12-14)17-18(23-24-19(17)21(25)27)13-6-8-16(9-7-13)26(28)29/h2,4-9,12,20H,3,10-11H2,1H3,(H,23,24). The summed E-state index contributed by atoms with van der Waals surface area (Å²) in [7, 11) is 1.64. The summed E-state index contributed by atoms with van der Waals surface area (Å²) in [5.74, 6) is -0.119. The van der Waals surface area contributed by atoms with E-state index in [9.17, 15) is 14.9 Å². The molecule has 1 unspecified atom stereocenters. The van der Waals surface area contributed by atoms with Crippen molar-refractivity contribution in [3.05, 3.63) is 79.9 Å². The van der Waals surface area contributed by atoms with Crippen LogP contribution in [0.3, 0.4) is 0 Å². The van der Waals surface area contributed by atoms with Crippen LogP contribution in [0.2, 0.25) is 0 Å². The van der Waals surface area contributed by atoms with Gasteiger partial charge in [-0.15, -0.1) is 0 Å². The lowest BCUT2D eigenvalue weighted by molar-refractivity contribution is -0.384. The Morgan fingerprint density at radius 2 is 2.03 bits per heavy atom. The molecule has 154 valence electrons. The Labute approximate surface area is 181 Å². The minimum Gasteiger partial charge on any atom is -0.385 e. The van der Waals surface area contributed by atoms with Crippen molar-refractivity contribution in [3.63, 3.8) is 0 Å². The molecule has 0 aliphatic carbocycles. The first-order valence-electron chi connectivity index (χ1n) is 9.39. The Balaban J connectivity index is 1.80. The molecule has 0 radical (unpaired) electrons. The monoisotopic (exact) mass is 470 g/mol. The molecule has 9 heteroatoms. The summed E-state index contributed by atoms with van der Waals surface area (Å²) in [4.78, 5) is 25.5. The van der Waals surface area contributed by atoms with Crippen LogP contribution in [0.1, 0.15) is 34.1 Å². The second-order valence-corrected chi connectivity index (χ2v) is 7.88. The molecule has 2 heterocycles. The number of aromatic amines is 1. The normalized spacial score (nSPS) is 15.5. The van der Waals surface area contributed by atoms with Crippen molar-refractivity contribution in [3.8, 4) is 11.3 Å². The van der Waals surface area contributed by atoms with Crippen molar-refractivity contribution in [2.45, 2.75) is 12.5 Å². The van der Waals surface area contributed by atoms with Gasteiger partial charge in [0.05, 0.1) is 16.7 Å². The Hall–Kier alpha value is -3.04. The van der Waals surface area contributed by atoms with Gasteiger partial charge >= 0.3 is 0 Å². The number of halogens is 1. The van der Waals surface area contributed by atoms with Crippen LogP contribution in [0.25, 0.3) is 11.3 Å². The van der Waals surface area contributed by atoms with E-state index in [1.54, 1.807) is 19.2 Å². The first kappa shape index (κ1) is 20.2. The lowest BCUT2D eigenvalue weighted by Gasteiger charge is -2.26. The number of amides is 1. The second-order valence-electron chi connectivity index (χ2n) is 6.97. The van der Waals surface area contributed by atoms with E-state index in [1.165, 1.54) is 12.1 Å². The number of carbonyl (C=O) groups is 1. The average molecular weight is 471 g/mol. The number of H-pyrrole nitrogens is 1. The largest absolute Gasteiger partial charge is 0.385 e. The van der Waals surface area contributed by atoms with E-state index in [2.05, 4.69) is 26.1 Å². The highest BCUT2D eigenvalue weighted by atomic mass is 79.9. The number of hydrogen-bond acceptors (Lipinski definition) is 5. The fourth-order valence-electron chi connectivity index (χ4n) is 3.79. The highest BCUT2D eigenvalue weighted by Crippen LogP contribution is 2.43. The van der Waals surface area contributed by atoms with E-state index in [1.807, 2.05) is 29.2 Å². The number of methoxy groups -OCH3 is 1. The summed E-state index contributed by atoms with van der Waals surface area (Å²) in [6.45, 7) is 1.09. The first-order valence-corrected chi connectivity index (χ1v) is 10.2. The highest BCUT2D eigenvalue weighted by molar-refractivity contribution is 9.10. The fraction of sp³-hybridized carbons (Fsp3) is 0.238. The fourth-order valence-corrected chi connectivity index (χ4v) is 4.21. The molecule has 0 saturated heterocycles. The maximum absolute atomic E-state index is 13.2. The lowest BCUT2D eigenvalue weighted by atomic mass is 9.96. The summed E-state index contributed by atoms with van der Waals surface area (Å²) >= 11 is 3.51. The molecule has 3 aromatic rings. The topological polar surface area (TPSA) is 101 Å². The van der Waals surface area contributed by atoms with E-state index in [4.69, 9.17) is 4.74 Å². The molecule has 0 saturated carbocycles. The zero-order chi connectivity index (χ0) is 21.3. The van der Waals surface area contributed by atoms with Crippen molar-refractivity contribution in [2.75, 3.05) is 20.3 Å². The molecule has 0 fully saturated rings. The van der Waals surface area contributed by atoms with E-state index >= 15 is 0 Å². The van der Waals surface area contributed by atoms with Gasteiger partial charge < -0.3 is 9.64 Å². The van der Waals surface area contributed by atoms with E-state index < -0.39 is 4.92 Å². The summed E-state index contributed by atoms with van der Waals surface area (Å²) in [5.41, 5.74) is 3.53. The molecular weight excluding hydrogens is 452 g/mol. The van der Waals surface area contributed by atoms with E-state index in [-0.39, 0.29) is 17.6 Å². The predicted octanol–water partition coefficient (Wildman–Crippen LogP) is 4.33. The molecule has 2 aromatic carbocycles. The molecule has 1 aliphatic heterocycles. The summed E-state index contributed by atoms with van der Waals surface area (Å²) in [6, 6.07) is 13.7. The van der Waals surface area contributed by atoms with Crippen LogP contribution in [0.4, 0.5) is 5.69 Å². The number of nitrogens with one attached hydrogen (secondary N) is 1. The summed E-state index contributed by atoms with van der Waals surface area (Å²) < 4.78 is 6.07. The number of rotatable bonds is 7. The van der Waals surface area contributed by atoms with Crippen molar-refractivity contribution in [1.82, 2.24) is 15.1 Å². The Morgan fingerprint density at radius 3 is 2.70 bits per heavy atom.